The second-order valence-electron chi connectivity index (χ2n) is 6.59. The SMILES string of the molecule is CC(C)(C)OC(=O)N1CCC[C@]12CCCCNC2. The molecule has 2 rings (SSSR count). The van der Waals surface area contributed by atoms with E-state index in [2.05, 4.69) is 5.32 Å². The Hall–Kier alpha value is -0.770. The zero-order valence-corrected chi connectivity index (χ0v) is 11.9. The van der Waals surface area contributed by atoms with Crippen LogP contribution in [0.2, 0.25) is 0 Å². The van der Waals surface area contributed by atoms with Gasteiger partial charge >= 0.3 is 6.09 Å². The van der Waals surface area contributed by atoms with Gasteiger partial charge in [-0.1, -0.05) is 0 Å². The molecule has 0 bridgehead atoms. The highest BCUT2D eigenvalue weighted by atomic mass is 16.6. The van der Waals surface area contributed by atoms with Crippen LogP contribution in [0.5, 0.6) is 0 Å². The number of amides is 1. The summed E-state index contributed by atoms with van der Waals surface area (Å²) in [5.74, 6) is 0. The first-order chi connectivity index (χ1) is 8.43. The maximum absolute atomic E-state index is 12.3. The molecule has 0 unspecified atom stereocenters. The minimum Gasteiger partial charge on any atom is -0.444 e. The summed E-state index contributed by atoms with van der Waals surface area (Å²) in [5.41, 5.74) is -0.391. The summed E-state index contributed by atoms with van der Waals surface area (Å²) < 4.78 is 5.55. The molecule has 4 heteroatoms. The third-order valence-electron chi connectivity index (χ3n) is 3.91. The van der Waals surface area contributed by atoms with Crippen molar-refractivity contribution >= 4 is 6.09 Å². The largest absolute Gasteiger partial charge is 0.444 e. The average Bonchev–Trinajstić information content (AvgIpc) is 2.49. The fraction of sp³-hybridized carbons (Fsp3) is 0.929. The van der Waals surface area contributed by atoms with Gasteiger partial charge in [0.25, 0.3) is 0 Å². The van der Waals surface area contributed by atoms with E-state index in [-0.39, 0.29) is 11.6 Å². The summed E-state index contributed by atoms with van der Waals surface area (Å²) in [4.78, 5) is 14.3. The number of carbonyl (C=O) groups excluding carboxylic acids is 1. The second kappa shape index (κ2) is 5.08. The van der Waals surface area contributed by atoms with Gasteiger partial charge in [0.1, 0.15) is 5.60 Å². The van der Waals surface area contributed by atoms with Crippen LogP contribution in [0.1, 0.15) is 52.9 Å². The van der Waals surface area contributed by atoms with Crippen LogP contribution in [-0.2, 0) is 4.74 Å². The highest BCUT2D eigenvalue weighted by molar-refractivity contribution is 5.69. The zero-order chi connectivity index (χ0) is 13.2. The standard InChI is InChI=1S/C14H26N2O2/c1-13(2,3)18-12(17)16-10-6-8-14(16)7-4-5-9-15-11-14/h15H,4-11H2,1-3H3/t14-/m0/s1. The van der Waals surface area contributed by atoms with E-state index < -0.39 is 5.60 Å². The van der Waals surface area contributed by atoms with Crippen molar-refractivity contribution in [2.24, 2.45) is 0 Å². The lowest BCUT2D eigenvalue weighted by atomic mass is 9.91. The Morgan fingerprint density at radius 3 is 2.67 bits per heavy atom. The fourth-order valence-electron chi connectivity index (χ4n) is 3.10. The van der Waals surface area contributed by atoms with Crippen LogP contribution in [0.15, 0.2) is 0 Å². The Bertz CT molecular complexity index is 301. The van der Waals surface area contributed by atoms with E-state index in [0.29, 0.717) is 0 Å². The van der Waals surface area contributed by atoms with Crippen molar-refractivity contribution in [3.63, 3.8) is 0 Å². The molecule has 0 saturated carbocycles. The average molecular weight is 254 g/mol. The Morgan fingerprint density at radius 1 is 1.22 bits per heavy atom. The second-order valence-corrected chi connectivity index (χ2v) is 6.59. The van der Waals surface area contributed by atoms with E-state index in [1.54, 1.807) is 0 Å². The molecule has 0 aromatic rings. The Balaban J connectivity index is 2.08. The first-order valence-corrected chi connectivity index (χ1v) is 7.14. The van der Waals surface area contributed by atoms with Crippen molar-refractivity contribution < 1.29 is 9.53 Å². The maximum atomic E-state index is 12.3. The summed E-state index contributed by atoms with van der Waals surface area (Å²) in [6, 6.07) is 0. The Kier molecular flexibility index (Phi) is 3.85. The van der Waals surface area contributed by atoms with Crippen LogP contribution in [0.3, 0.4) is 0 Å². The molecule has 1 N–H and O–H groups in total. The van der Waals surface area contributed by atoms with E-state index in [1.807, 2.05) is 25.7 Å². The third-order valence-corrected chi connectivity index (χ3v) is 3.91. The van der Waals surface area contributed by atoms with Gasteiger partial charge in [-0.2, -0.15) is 0 Å². The van der Waals surface area contributed by atoms with Gasteiger partial charge in [0.05, 0.1) is 5.54 Å². The molecule has 2 fully saturated rings. The lowest BCUT2D eigenvalue weighted by Crippen LogP contribution is -2.53. The van der Waals surface area contributed by atoms with Crippen LogP contribution >= 0.6 is 0 Å². The maximum Gasteiger partial charge on any atom is 0.410 e. The highest BCUT2D eigenvalue weighted by Crippen LogP contribution is 2.35. The lowest BCUT2D eigenvalue weighted by molar-refractivity contribution is 0.00703. The van der Waals surface area contributed by atoms with E-state index >= 15 is 0 Å². The molecule has 2 aliphatic rings. The first-order valence-electron chi connectivity index (χ1n) is 7.14. The van der Waals surface area contributed by atoms with Crippen LogP contribution in [0, 0.1) is 0 Å². The number of likely N-dealkylation sites (tertiary alicyclic amines) is 1. The van der Waals surface area contributed by atoms with Crippen LogP contribution < -0.4 is 5.32 Å². The zero-order valence-electron chi connectivity index (χ0n) is 11.9. The summed E-state index contributed by atoms with van der Waals surface area (Å²) in [5, 5.41) is 3.48. The molecule has 0 aromatic heterocycles. The van der Waals surface area contributed by atoms with Crippen LogP contribution in [0.25, 0.3) is 0 Å². The van der Waals surface area contributed by atoms with Crippen molar-refractivity contribution in [1.82, 2.24) is 10.2 Å². The highest BCUT2D eigenvalue weighted by Gasteiger charge is 2.44. The summed E-state index contributed by atoms with van der Waals surface area (Å²) in [6.45, 7) is 8.63. The minimum atomic E-state index is -0.404. The molecule has 0 aliphatic carbocycles. The van der Waals surface area contributed by atoms with E-state index in [1.165, 1.54) is 12.8 Å². The molecule has 4 nitrogen and oxygen atoms in total. The van der Waals surface area contributed by atoms with E-state index in [4.69, 9.17) is 4.74 Å². The smallest absolute Gasteiger partial charge is 0.410 e. The number of carbonyl (C=O) groups is 1. The molecule has 1 spiro atoms. The minimum absolute atomic E-state index is 0.0127. The van der Waals surface area contributed by atoms with Gasteiger partial charge in [0, 0.05) is 13.1 Å². The summed E-state index contributed by atoms with van der Waals surface area (Å²) >= 11 is 0. The predicted molar refractivity (Wildman–Crippen MR) is 71.6 cm³/mol. The number of rotatable bonds is 0. The Morgan fingerprint density at radius 2 is 1.94 bits per heavy atom. The molecular formula is C14H26N2O2. The fourth-order valence-corrected chi connectivity index (χ4v) is 3.10. The number of hydrogen-bond donors (Lipinski definition) is 1. The number of nitrogens with one attached hydrogen (secondary N) is 1. The van der Waals surface area contributed by atoms with Crippen molar-refractivity contribution in [2.75, 3.05) is 19.6 Å². The molecule has 0 aromatic carbocycles. The quantitative estimate of drug-likeness (QED) is 0.722. The number of hydrogen-bond acceptors (Lipinski definition) is 3. The predicted octanol–water partition coefficient (Wildman–Crippen LogP) is 2.53. The normalized spacial score (nSPS) is 29.4. The molecule has 18 heavy (non-hydrogen) atoms. The van der Waals surface area contributed by atoms with Gasteiger partial charge in [-0.05, 0) is 59.4 Å². The van der Waals surface area contributed by atoms with Crippen LogP contribution in [-0.4, -0.2) is 41.8 Å². The third kappa shape index (κ3) is 2.97. The van der Waals surface area contributed by atoms with Gasteiger partial charge in [0.2, 0.25) is 0 Å². The van der Waals surface area contributed by atoms with Gasteiger partial charge in [-0.3, -0.25) is 0 Å². The van der Waals surface area contributed by atoms with E-state index in [9.17, 15) is 4.79 Å². The summed E-state index contributed by atoms with van der Waals surface area (Å²) in [6.07, 6.45) is 5.60. The van der Waals surface area contributed by atoms with Crippen molar-refractivity contribution in [3.8, 4) is 0 Å². The lowest BCUT2D eigenvalue weighted by Gasteiger charge is -2.38. The van der Waals surface area contributed by atoms with E-state index in [0.717, 1.165) is 38.9 Å². The first kappa shape index (κ1) is 13.7. The van der Waals surface area contributed by atoms with Crippen molar-refractivity contribution in [2.45, 2.75) is 64.0 Å². The van der Waals surface area contributed by atoms with Gasteiger partial charge < -0.3 is 15.0 Å². The van der Waals surface area contributed by atoms with Gasteiger partial charge in [0.15, 0.2) is 0 Å². The van der Waals surface area contributed by atoms with Crippen molar-refractivity contribution in [3.05, 3.63) is 0 Å². The molecular weight excluding hydrogens is 228 g/mol. The summed E-state index contributed by atoms with van der Waals surface area (Å²) in [7, 11) is 0. The molecule has 1 atom stereocenters. The van der Waals surface area contributed by atoms with Gasteiger partial charge in [-0.15, -0.1) is 0 Å². The Labute approximate surface area is 110 Å². The molecule has 2 aliphatic heterocycles. The molecule has 2 heterocycles. The molecule has 1 amide bonds. The monoisotopic (exact) mass is 254 g/mol. The number of ether oxygens (including phenoxy) is 1. The molecule has 2 saturated heterocycles. The van der Waals surface area contributed by atoms with Crippen molar-refractivity contribution in [1.29, 1.82) is 0 Å². The van der Waals surface area contributed by atoms with Crippen LogP contribution in [0.4, 0.5) is 4.79 Å². The topological polar surface area (TPSA) is 41.6 Å². The molecule has 0 radical (unpaired) electrons. The number of nitrogens with zero attached hydrogens (tertiary/aromatic N) is 1. The van der Waals surface area contributed by atoms with Gasteiger partial charge in [-0.25, -0.2) is 4.79 Å². The molecule has 104 valence electrons.